The molecule has 1 aromatic heterocycles. The zero-order valence-electron chi connectivity index (χ0n) is 32.5. The topological polar surface area (TPSA) is 43.9 Å². The number of azo groups is 4. The molecule has 0 saturated carbocycles. The van der Waals surface area contributed by atoms with Crippen molar-refractivity contribution in [2.75, 3.05) is 0 Å². The standard InChI is InChI=1S/C27H26N2O.C21H24N2.Ir/c1-17(2)21-16-22(18(3)4)27-26(20-12-8-9-13-24(20)30-27)25(21)23-14-15-28-29(23)19-10-6-5-7-11-19;1-15(2)18-11-8-12-19(16(3)4)21(18)20-13-14-22-23(20)17-9-6-5-7-10-17;/h5-10,12-18,23H,1-4H3;5-9,11-16,20H,1-4H3;. The summed E-state index contributed by atoms with van der Waals surface area (Å²) < 4.78 is 10.6. The van der Waals surface area contributed by atoms with Crippen LogP contribution < -0.4 is 0 Å². The second-order valence-corrected chi connectivity index (χ2v) is 15.2. The zero-order chi connectivity index (χ0) is 37.2. The third-order valence-electron chi connectivity index (χ3n) is 10.3. The minimum atomic E-state index is 0. The summed E-state index contributed by atoms with van der Waals surface area (Å²) in [5.74, 6) is 1.73. The maximum Gasteiger partial charge on any atom is 0.229 e. The molecular weight excluding hydrogens is 841 g/mol. The molecule has 1 radical (unpaired) electrons. The van der Waals surface area contributed by atoms with Gasteiger partial charge in [-0.15, -0.1) is 12.1 Å². The summed E-state index contributed by atoms with van der Waals surface area (Å²) in [5, 5.41) is 11.7. The Hall–Kier alpha value is -4.77. The first-order valence-electron chi connectivity index (χ1n) is 19.0. The van der Waals surface area contributed by atoms with Crippen LogP contribution in [0, 0.1) is 12.1 Å². The predicted molar refractivity (Wildman–Crippen MR) is 216 cm³/mol. The van der Waals surface area contributed by atoms with E-state index in [9.17, 15) is 0 Å². The van der Waals surface area contributed by atoms with Crippen molar-refractivity contribution in [1.82, 2.24) is 0 Å². The number of rotatable bonds is 8. The van der Waals surface area contributed by atoms with Gasteiger partial charge in [0.15, 0.2) is 0 Å². The summed E-state index contributed by atoms with van der Waals surface area (Å²) >= 11 is 0. The van der Waals surface area contributed by atoms with Crippen molar-refractivity contribution >= 4 is 33.3 Å². The molecule has 0 amide bonds. The largest absolute Gasteiger partial charge is 0.456 e. The molecule has 5 nitrogen and oxygen atoms in total. The molecule has 2 atom stereocenters. The molecule has 5 aromatic carbocycles. The molecule has 2 aliphatic rings. The number of para-hydroxylation sites is 3. The molecule has 54 heavy (non-hydrogen) atoms. The van der Waals surface area contributed by atoms with Crippen molar-refractivity contribution < 1.29 is 33.9 Å². The minimum Gasteiger partial charge on any atom is -0.456 e. The van der Waals surface area contributed by atoms with Crippen LogP contribution in [0.1, 0.15) is 125 Å². The Labute approximate surface area is 334 Å². The van der Waals surface area contributed by atoms with Gasteiger partial charge in [-0.3, -0.25) is 0 Å². The van der Waals surface area contributed by atoms with E-state index in [4.69, 9.17) is 4.42 Å². The van der Waals surface area contributed by atoms with Gasteiger partial charge in [-0.2, -0.15) is 36.4 Å². The molecule has 2 unspecified atom stereocenters. The van der Waals surface area contributed by atoms with Crippen LogP contribution in [0.5, 0.6) is 0 Å². The molecule has 0 spiro atoms. The second-order valence-electron chi connectivity index (χ2n) is 15.2. The summed E-state index contributed by atoms with van der Waals surface area (Å²) in [6, 6.07) is 40.3. The number of furan rings is 1. The molecule has 0 fully saturated rings. The Morgan fingerprint density at radius 2 is 1.06 bits per heavy atom. The van der Waals surface area contributed by atoms with Gasteiger partial charge in [0.05, 0.1) is 12.4 Å². The molecule has 277 valence electrons. The predicted octanol–water partition coefficient (Wildman–Crippen LogP) is 14.1. The summed E-state index contributed by atoms with van der Waals surface area (Å²) in [4.78, 5) is 0. The van der Waals surface area contributed by atoms with Gasteiger partial charge < -0.3 is 4.42 Å². The van der Waals surface area contributed by atoms with E-state index in [1.54, 1.807) is 0 Å². The summed E-state index contributed by atoms with van der Waals surface area (Å²) in [7, 11) is 0. The van der Waals surface area contributed by atoms with E-state index in [2.05, 4.69) is 154 Å². The fourth-order valence-electron chi connectivity index (χ4n) is 7.75. The molecule has 6 aromatic rings. The molecule has 2 aliphatic heterocycles. The fourth-order valence-corrected chi connectivity index (χ4v) is 7.75. The minimum absolute atomic E-state index is 0. The van der Waals surface area contributed by atoms with Crippen LogP contribution in [-0.4, -0.2) is 9.39 Å². The number of fused-ring (bicyclic) bond motifs is 3. The summed E-state index contributed by atoms with van der Waals surface area (Å²) in [6.07, 6.45) is 8.18. The van der Waals surface area contributed by atoms with E-state index in [0.717, 1.165) is 22.5 Å². The van der Waals surface area contributed by atoms with E-state index >= 15 is 0 Å². The summed E-state index contributed by atoms with van der Waals surface area (Å²) in [6.45, 7) is 18.1. The molecule has 0 aliphatic carbocycles. The molecule has 8 rings (SSSR count). The Morgan fingerprint density at radius 3 is 1.56 bits per heavy atom. The molecule has 0 N–H and O–H groups in total. The van der Waals surface area contributed by atoms with Crippen molar-refractivity contribution in [1.29, 1.82) is 0 Å². The van der Waals surface area contributed by atoms with Crippen LogP contribution in [0.4, 0.5) is 11.4 Å². The number of hydrogen-bond acceptors (Lipinski definition) is 3. The van der Waals surface area contributed by atoms with Gasteiger partial charge in [0.2, 0.25) is 12.1 Å². The number of hydrogen-bond donors (Lipinski definition) is 0. The number of benzene rings is 5. The molecular formula is C48H50IrN4O. The van der Waals surface area contributed by atoms with Gasteiger partial charge in [0.25, 0.3) is 0 Å². The third kappa shape index (κ3) is 7.47. The Bertz CT molecular complexity index is 2340. The van der Waals surface area contributed by atoms with Crippen molar-refractivity contribution in [2.24, 2.45) is 10.2 Å². The Kier molecular flexibility index (Phi) is 12.1. The van der Waals surface area contributed by atoms with Gasteiger partial charge in [0, 0.05) is 54.2 Å². The van der Waals surface area contributed by atoms with E-state index in [-0.39, 0.29) is 32.2 Å². The van der Waals surface area contributed by atoms with E-state index < -0.39 is 0 Å². The van der Waals surface area contributed by atoms with Crippen LogP contribution in [-0.2, 0) is 20.1 Å². The first-order valence-corrected chi connectivity index (χ1v) is 19.0. The Balaban J connectivity index is 0.000000187. The number of nitrogens with zero attached hydrogens (tertiary/aromatic N) is 4. The van der Waals surface area contributed by atoms with Gasteiger partial charge >= 0.3 is 0 Å². The van der Waals surface area contributed by atoms with Crippen molar-refractivity contribution in [3.8, 4) is 0 Å². The third-order valence-corrected chi connectivity index (χ3v) is 10.3. The van der Waals surface area contributed by atoms with Gasteiger partial charge in [-0.25, -0.2) is 0 Å². The molecule has 0 saturated heterocycles. The van der Waals surface area contributed by atoms with Crippen LogP contribution in [0.25, 0.3) is 21.9 Å². The van der Waals surface area contributed by atoms with Gasteiger partial charge in [-0.05, 0) is 62.2 Å². The van der Waals surface area contributed by atoms with Gasteiger partial charge in [0.1, 0.15) is 22.5 Å². The van der Waals surface area contributed by atoms with Crippen LogP contribution in [0.3, 0.4) is 0 Å². The van der Waals surface area contributed by atoms with Crippen molar-refractivity contribution in [2.45, 2.75) is 91.1 Å². The maximum atomic E-state index is 6.44. The molecule has 6 heteroatoms. The average Bonchev–Trinajstić information content (AvgIpc) is 3.94. The first-order chi connectivity index (χ1) is 25.7. The molecule has 3 heterocycles. The smallest absolute Gasteiger partial charge is 0.229 e. The van der Waals surface area contributed by atoms with E-state index in [1.165, 1.54) is 44.2 Å². The van der Waals surface area contributed by atoms with Crippen LogP contribution >= 0.6 is 0 Å². The average molecular weight is 891 g/mol. The van der Waals surface area contributed by atoms with Crippen molar-refractivity contribution in [3.63, 3.8) is 0 Å². The monoisotopic (exact) mass is 891 g/mol. The van der Waals surface area contributed by atoms with Gasteiger partial charge in [-0.1, -0.05) is 119 Å². The summed E-state index contributed by atoms with van der Waals surface area (Å²) in [5.41, 5.74) is 12.0. The van der Waals surface area contributed by atoms with Crippen molar-refractivity contribution in [3.05, 3.63) is 167 Å². The normalized spacial score (nSPS) is 16.4. The Morgan fingerprint density at radius 1 is 0.556 bits per heavy atom. The molecule has 0 bridgehead atoms. The van der Waals surface area contributed by atoms with Crippen LogP contribution in [0.15, 0.2) is 136 Å². The van der Waals surface area contributed by atoms with E-state index in [0.29, 0.717) is 23.7 Å². The quantitative estimate of drug-likeness (QED) is 0.111. The maximum absolute atomic E-state index is 6.44. The van der Waals surface area contributed by atoms with E-state index in [1.807, 2.05) is 54.9 Å². The first kappa shape index (κ1) is 38.9. The SMILES string of the molecule is CC(C)c1cc(C(C)C)c2oc3ccccc3c2c1C1C=CN=[N+]1c1[c-]cccc1.CC(C)c1cccc(C(C)C)c1C1C=CN=[N+]1c1[c-]cccc1.[Ir]. The zero-order valence-corrected chi connectivity index (χ0v) is 34.9. The second kappa shape index (κ2) is 16.7. The fraction of sp³-hybridized carbons (Fsp3) is 0.292. The van der Waals surface area contributed by atoms with Crippen LogP contribution in [0.2, 0.25) is 0 Å².